The Morgan fingerprint density at radius 2 is 1.35 bits per heavy atom. The number of nitrogens with one attached hydrogen (secondary N) is 1. The fraction of sp³-hybridized carbons (Fsp3) is 0.600. The van der Waals surface area contributed by atoms with Crippen molar-refractivity contribution in [3.8, 4) is 0 Å². The van der Waals surface area contributed by atoms with Crippen LogP contribution in [-0.4, -0.2) is 55.0 Å². The molecule has 0 saturated carbocycles. The van der Waals surface area contributed by atoms with Gasteiger partial charge in [-0.3, -0.25) is 0 Å². The zero-order chi connectivity index (χ0) is 25.6. The molecule has 0 aliphatic heterocycles. The van der Waals surface area contributed by atoms with Crippen molar-refractivity contribution >= 4 is 24.0 Å². The first-order valence-corrected chi connectivity index (χ1v) is 11.7. The molecule has 1 rings (SSSR count). The Kier molecular flexibility index (Phi) is 12.1. The molecule has 0 unspecified atom stereocenters. The minimum absolute atomic E-state index is 0.0131. The van der Waals surface area contributed by atoms with Crippen molar-refractivity contribution in [2.75, 3.05) is 19.8 Å². The molecule has 9 heteroatoms. The van der Waals surface area contributed by atoms with Crippen molar-refractivity contribution in [3.05, 3.63) is 35.9 Å². The Morgan fingerprint density at radius 1 is 0.794 bits per heavy atom. The summed E-state index contributed by atoms with van der Waals surface area (Å²) >= 11 is 0. The van der Waals surface area contributed by atoms with Gasteiger partial charge in [-0.1, -0.05) is 31.0 Å². The molecule has 0 aromatic heterocycles. The minimum Gasteiger partial charge on any atom is -0.463 e. The van der Waals surface area contributed by atoms with Gasteiger partial charge in [0, 0.05) is 13.0 Å². The van der Waals surface area contributed by atoms with Crippen LogP contribution in [0, 0.1) is 0 Å². The van der Waals surface area contributed by atoms with E-state index in [2.05, 4.69) is 5.32 Å². The largest absolute Gasteiger partial charge is 0.463 e. The molecule has 1 N–H and O–H groups in total. The van der Waals surface area contributed by atoms with Gasteiger partial charge in [0.2, 0.25) is 0 Å². The van der Waals surface area contributed by atoms with Crippen molar-refractivity contribution in [1.82, 2.24) is 5.32 Å². The monoisotopic (exact) mass is 479 g/mol. The van der Waals surface area contributed by atoms with E-state index in [-0.39, 0.29) is 25.2 Å². The molecule has 0 fully saturated rings. The molecular weight excluding hydrogens is 442 g/mol. The molecule has 1 aromatic rings. The first kappa shape index (κ1) is 28.9. The van der Waals surface area contributed by atoms with E-state index in [1.165, 1.54) is 12.1 Å². The summed E-state index contributed by atoms with van der Waals surface area (Å²) in [5.41, 5.74) is -2.55. The predicted molar refractivity (Wildman–Crippen MR) is 125 cm³/mol. The van der Waals surface area contributed by atoms with Crippen molar-refractivity contribution in [2.24, 2.45) is 0 Å². The second kappa shape index (κ2) is 14.2. The average molecular weight is 480 g/mol. The van der Waals surface area contributed by atoms with E-state index < -0.39 is 35.2 Å². The lowest BCUT2D eigenvalue weighted by Gasteiger charge is -2.29. The van der Waals surface area contributed by atoms with Crippen LogP contribution < -0.4 is 5.32 Å². The molecule has 1 amide bonds. The third kappa shape index (κ3) is 9.80. The lowest BCUT2D eigenvalue weighted by atomic mass is 9.95. The molecule has 0 bridgehead atoms. The molecule has 0 aliphatic carbocycles. The molecule has 9 nitrogen and oxygen atoms in total. The number of hydrogen-bond donors (Lipinski definition) is 1. The molecular formula is C25H37NO8. The van der Waals surface area contributed by atoms with Crippen molar-refractivity contribution < 1.29 is 38.1 Å². The fourth-order valence-electron chi connectivity index (χ4n) is 3.07. The SMILES string of the molecule is CCOC(=O)C(CCCCCCNC(=O)OC(C)(C)C)(OC(=O)c1ccccc1)C(=O)OCC. The van der Waals surface area contributed by atoms with Crippen LogP contribution in [0.4, 0.5) is 4.79 Å². The second-order valence-electron chi connectivity index (χ2n) is 8.62. The van der Waals surface area contributed by atoms with Crippen LogP contribution in [0.25, 0.3) is 0 Å². The molecule has 34 heavy (non-hydrogen) atoms. The number of esters is 3. The Labute approximate surface area is 201 Å². The van der Waals surface area contributed by atoms with Crippen molar-refractivity contribution in [3.63, 3.8) is 0 Å². The summed E-state index contributed by atoms with van der Waals surface area (Å²) in [6.07, 6.45) is 1.84. The molecule has 0 spiro atoms. The summed E-state index contributed by atoms with van der Waals surface area (Å²) in [5.74, 6) is -2.73. The van der Waals surface area contributed by atoms with Crippen molar-refractivity contribution in [2.45, 2.75) is 77.9 Å². The maximum absolute atomic E-state index is 12.8. The van der Waals surface area contributed by atoms with Gasteiger partial charge in [0.1, 0.15) is 5.60 Å². The summed E-state index contributed by atoms with van der Waals surface area (Å²) < 4.78 is 20.9. The van der Waals surface area contributed by atoms with Gasteiger partial charge in [-0.25, -0.2) is 19.2 Å². The summed E-state index contributed by atoms with van der Waals surface area (Å²) in [5, 5.41) is 2.68. The second-order valence-corrected chi connectivity index (χ2v) is 8.62. The number of rotatable bonds is 13. The lowest BCUT2D eigenvalue weighted by molar-refractivity contribution is -0.185. The number of ether oxygens (including phenoxy) is 4. The molecule has 0 atom stereocenters. The van der Waals surface area contributed by atoms with Crippen LogP contribution in [0.2, 0.25) is 0 Å². The number of hydrogen-bond acceptors (Lipinski definition) is 8. The summed E-state index contributed by atoms with van der Waals surface area (Å²) in [7, 11) is 0. The molecule has 0 saturated heterocycles. The maximum Gasteiger partial charge on any atom is 0.407 e. The van der Waals surface area contributed by atoms with Crippen LogP contribution in [0.15, 0.2) is 30.3 Å². The van der Waals surface area contributed by atoms with Gasteiger partial charge in [-0.15, -0.1) is 0 Å². The van der Waals surface area contributed by atoms with Crippen LogP contribution in [0.5, 0.6) is 0 Å². The van der Waals surface area contributed by atoms with Gasteiger partial charge in [0.15, 0.2) is 0 Å². The number of benzene rings is 1. The topological polar surface area (TPSA) is 117 Å². The van der Waals surface area contributed by atoms with Crippen molar-refractivity contribution in [1.29, 1.82) is 0 Å². The average Bonchev–Trinajstić information content (AvgIpc) is 2.77. The van der Waals surface area contributed by atoms with Gasteiger partial charge in [0.25, 0.3) is 0 Å². The quantitative estimate of drug-likeness (QED) is 0.194. The minimum atomic E-state index is -2.19. The molecule has 190 valence electrons. The van der Waals surface area contributed by atoms with E-state index in [1.807, 2.05) is 0 Å². The van der Waals surface area contributed by atoms with E-state index in [9.17, 15) is 19.2 Å². The van der Waals surface area contributed by atoms with Crippen LogP contribution >= 0.6 is 0 Å². The zero-order valence-electron chi connectivity index (χ0n) is 20.8. The Morgan fingerprint density at radius 3 is 1.88 bits per heavy atom. The number of unbranched alkanes of at least 4 members (excludes halogenated alkanes) is 3. The highest BCUT2D eigenvalue weighted by Gasteiger charge is 2.52. The molecule has 0 heterocycles. The molecule has 0 aliphatic rings. The van der Waals surface area contributed by atoms with Gasteiger partial charge in [-0.05, 0) is 59.6 Å². The highest BCUT2D eigenvalue weighted by Crippen LogP contribution is 2.26. The van der Waals surface area contributed by atoms with E-state index in [0.29, 0.717) is 32.2 Å². The van der Waals surface area contributed by atoms with Gasteiger partial charge in [0.05, 0.1) is 18.8 Å². The van der Waals surface area contributed by atoms with Crippen LogP contribution in [0.3, 0.4) is 0 Å². The summed E-state index contributed by atoms with van der Waals surface area (Å²) in [6.45, 7) is 9.02. The summed E-state index contributed by atoms with van der Waals surface area (Å²) in [4.78, 5) is 50.1. The number of amides is 1. The maximum atomic E-state index is 12.8. The van der Waals surface area contributed by atoms with E-state index in [0.717, 1.165) is 0 Å². The number of carbonyl (C=O) groups is 4. The first-order valence-electron chi connectivity index (χ1n) is 11.7. The van der Waals surface area contributed by atoms with Gasteiger partial charge >= 0.3 is 29.6 Å². The lowest BCUT2D eigenvalue weighted by Crippen LogP contribution is -2.52. The van der Waals surface area contributed by atoms with Gasteiger partial charge in [-0.2, -0.15) is 0 Å². The molecule has 0 radical (unpaired) electrons. The van der Waals surface area contributed by atoms with Crippen LogP contribution in [-0.2, 0) is 28.5 Å². The Bertz CT molecular complexity index is 783. The zero-order valence-corrected chi connectivity index (χ0v) is 20.8. The Balaban J connectivity index is 2.78. The third-order valence-corrected chi connectivity index (χ3v) is 4.61. The summed E-state index contributed by atoms with van der Waals surface area (Å²) in [6, 6.07) is 8.09. The highest BCUT2D eigenvalue weighted by molar-refractivity contribution is 6.06. The molecule has 1 aromatic carbocycles. The first-order chi connectivity index (χ1) is 16.1. The Hall–Kier alpha value is -3.10. The van der Waals surface area contributed by atoms with E-state index in [1.54, 1.807) is 52.8 Å². The standard InChI is InChI=1S/C25H37NO8/c1-6-31-21(28)25(22(29)32-7-2,33-20(27)19-15-11-10-12-16-19)17-13-8-9-14-18-26-23(30)34-24(3,4)5/h10-12,15-16H,6-9,13-14,17-18H2,1-5H3,(H,26,30). The highest BCUT2D eigenvalue weighted by atomic mass is 16.6. The van der Waals surface area contributed by atoms with Gasteiger partial charge < -0.3 is 24.3 Å². The fourth-order valence-corrected chi connectivity index (χ4v) is 3.07. The number of alkyl carbamates (subject to hydrolysis) is 1. The van der Waals surface area contributed by atoms with Crippen LogP contribution in [0.1, 0.15) is 77.1 Å². The smallest absolute Gasteiger partial charge is 0.407 e. The normalized spacial score (nSPS) is 11.3. The van der Waals surface area contributed by atoms with E-state index >= 15 is 0 Å². The van der Waals surface area contributed by atoms with E-state index in [4.69, 9.17) is 18.9 Å². The predicted octanol–water partition coefficient (Wildman–Crippen LogP) is 4.18. The number of carbonyl (C=O) groups excluding carboxylic acids is 4. The third-order valence-electron chi connectivity index (χ3n) is 4.61.